The minimum Gasteiger partial charge on any atom is -0.496 e. The molecular weight excluding hydrogens is 820 g/mol. The molecule has 1 atom stereocenters. The molecule has 312 valence electrons. The summed E-state index contributed by atoms with van der Waals surface area (Å²) >= 11 is 0. The van der Waals surface area contributed by atoms with E-state index in [2.05, 4.69) is 190 Å². The number of hydrogen-bond donors (Lipinski definition) is 0. The molecule has 0 N–H and O–H groups in total. The van der Waals surface area contributed by atoms with Crippen molar-refractivity contribution in [2.45, 2.75) is 123 Å². The molecule has 2 radical (unpaired) electrons. The Bertz CT molecular complexity index is 2360. The summed E-state index contributed by atoms with van der Waals surface area (Å²) in [5, 5.41) is 4.48. The van der Waals surface area contributed by atoms with Crippen LogP contribution in [0, 0.1) is 14.4 Å². The number of fused-ring (bicyclic) bond motifs is 2. The van der Waals surface area contributed by atoms with Crippen LogP contribution < -0.4 is 9.92 Å². The van der Waals surface area contributed by atoms with Gasteiger partial charge in [0.05, 0.1) is 7.11 Å². The third kappa shape index (κ3) is 10.0. The Morgan fingerprint density at radius 3 is 1.90 bits per heavy atom. The fourth-order valence-corrected chi connectivity index (χ4v) is 11.2. The molecule has 0 aliphatic heterocycles. The number of methoxy groups -OCH3 is 1. The fourth-order valence-electron chi connectivity index (χ4n) is 9.51. The molecule has 0 spiro atoms. The summed E-state index contributed by atoms with van der Waals surface area (Å²) in [5.41, 5.74) is 14.7. The van der Waals surface area contributed by atoms with Crippen molar-refractivity contribution in [1.82, 2.24) is 0 Å². The van der Waals surface area contributed by atoms with Gasteiger partial charge in [0.15, 0.2) is 0 Å². The van der Waals surface area contributed by atoms with Crippen LogP contribution >= 0.6 is 0 Å². The van der Waals surface area contributed by atoms with Crippen molar-refractivity contribution in [3.8, 4) is 28.0 Å². The van der Waals surface area contributed by atoms with Gasteiger partial charge in [-0.2, -0.15) is 6.07 Å². The van der Waals surface area contributed by atoms with Crippen molar-refractivity contribution in [1.29, 1.82) is 0 Å². The van der Waals surface area contributed by atoms with Gasteiger partial charge < -0.3 is 19.1 Å². The third-order valence-corrected chi connectivity index (χ3v) is 13.7. The van der Waals surface area contributed by atoms with Crippen LogP contribution in [-0.4, -0.2) is 15.9 Å². The molecule has 0 fully saturated rings. The first-order valence-electron chi connectivity index (χ1n) is 21.7. The first-order chi connectivity index (χ1) is 27.6. The molecule has 7 rings (SSSR count). The number of rotatable bonds is 11. The Hall–Kier alpha value is -3.65. The van der Waals surface area contributed by atoms with Gasteiger partial charge in [0.2, 0.25) is 0 Å². The summed E-state index contributed by atoms with van der Waals surface area (Å²) in [6.45, 7) is 28.1. The van der Waals surface area contributed by atoms with Gasteiger partial charge in [-0.15, -0.1) is 39.1 Å². The molecule has 1 aliphatic carbocycles. The number of allylic oxidation sites excluding steroid dienone is 1. The van der Waals surface area contributed by atoms with Crippen molar-refractivity contribution >= 4 is 36.4 Å². The second-order valence-corrected chi connectivity index (χ2v) is 21.2. The number of hydrogen-bond acceptors (Lipinski definition) is 1. The maximum Gasteiger partial charge on any atom is 3.00 e. The molecule has 3 heteroatoms. The molecule has 1 aliphatic rings. The number of aryl methyl sites for hydroxylation is 1. The van der Waals surface area contributed by atoms with Crippen LogP contribution in [0.5, 0.6) is 5.75 Å². The Morgan fingerprint density at radius 2 is 1.28 bits per heavy atom. The van der Waals surface area contributed by atoms with Crippen molar-refractivity contribution in [2.24, 2.45) is 0 Å². The number of benzene rings is 5. The maximum absolute atomic E-state index is 5.86. The van der Waals surface area contributed by atoms with Gasteiger partial charge in [-0.1, -0.05) is 214 Å². The first-order valence-corrected chi connectivity index (χ1v) is 24.2. The zero-order chi connectivity index (χ0) is 41.8. The summed E-state index contributed by atoms with van der Waals surface area (Å²) in [6.07, 6.45) is 9.64. The molecule has 0 saturated heterocycles. The van der Waals surface area contributed by atoms with Crippen LogP contribution in [0.25, 0.3) is 44.7 Å². The molecule has 6 aromatic rings. The van der Waals surface area contributed by atoms with E-state index in [1.54, 1.807) is 12.3 Å². The second-order valence-electron chi connectivity index (χ2n) is 18.7. The van der Waals surface area contributed by atoms with Crippen molar-refractivity contribution in [2.75, 3.05) is 7.11 Å². The van der Waals surface area contributed by atoms with Gasteiger partial charge in [0, 0.05) is 14.4 Å². The monoisotopic (exact) mass is 888 g/mol. The zero-order valence-electron chi connectivity index (χ0n) is 38.9. The van der Waals surface area contributed by atoms with E-state index in [0.29, 0.717) is 0 Å². The smallest absolute Gasteiger partial charge is 0.496 e. The maximum atomic E-state index is 5.86. The Kier molecular flexibility index (Phi) is 16.7. The number of unbranched alkanes of at least 4 members (excludes halogenated alkanes) is 3. The van der Waals surface area contributed by atoms with Crippen molar-refractivity contribution in [3.63, 3.8) is 0 Å². The van der Waals surface area contributed by atoms with E-state index in [9.17, 15) is 0 Å². The summed E-state index contributed by atoms with van der Waals surface area (Å²) in [7, 11) is 1.26. The summed E-state index contributed by atoms with van der Waals surface area (Å²) in [6, 6.07) is 42.1. The van der Waals surface area contributed by atoms with Gasteiger partial charge in [-0.25, -0.2) is 0 Å². The molecule has 60 heavy (non-hydrogen) atoms. The summed E-state index contributed by atoms with van der Waals surface area (Å²) in [5.74, 6) is 0.994. The van der Waals surface area contributed by atoms with Gasteiger partial charge in [0.25, 0.3) is 0 Å². The van der Waals surface area contributed by atoms with Crippen LogP contribution in [-0.2, 0) is 48.9 Å². The van der Waals surface area contributed by atoms with Crippen LogP contribution in [0.4, 0.5) is 0 Å². The van der Waals surface area contributed by atoms with E-state index < -0.39 is 8.80 Å². The summed E-state index contributed by atoms with van der Waals surface area (Å²) in [4.78, 5) is 0. The number of ether oxygens (including phenoxy) is 1. The van der Waals surface area contributed by atoms with Crippen LogP contribution in [0.1, 0.15) is 121 Å². The van der Waals surface area contributed by atoms with E-state index in [1.807, 2.05) is 0 Å². The molecule has 0 bridgehead atoms. The van der Waals surface area contributed by atoms with Gasteiger partial charge >= 0.3 is 26.2 Å². The quantitative estimate of drug-likeness (QED) is 0.0715. The van der Waals surface area contributed by atoms with Crippen molar-refractivity contribution in [3.05, 3.63) is 163 Å². The average Bonchev–Trinajstić information content (AvgIpc) is 3.74. The van der Waals surface area contributed by atoms with E-state index in [0.717, 1.165) is 18.6 Å². The average molecular weight is 890 g/mol. The molecule has 0 heterocycles. The minimum absolute atomic E-state index is 0. The zero-order valence-corrected chi connectivity index (χ0v) is 42.4. The predicted octanol–water partition coefficient (Wildman–Crippen LogP) is 15.8. The second kappa shape index (κ2) is 20.5. The molecule has 6 aromatic carbocycles. The standard InChI is InChI=1S/C28H38OSi.C28H29.CH3.Zr/c1-11-18-17-22-19(13-12-14-21(22)26(18)30(9)10)20-15-16-23(29-8)25(28(5,6)7)24(20)27(2,3)4;1-3-4-5-13-20-28(2)26-19-12-9-16-23(26)21-27(28)25-18-11-10-17-24(25)22-14-7-6-8-15-22;;/h12-17H,11H2,1-10H3;6-12,14-19,21H,2-5,13,20H2,1H3;1H3;/q3*-1;+3. The molecular formula is C57H70OSiZr. The molecule has 1 nitrogen and oxygen atoms in total. The van der Waals surface area contributed by atoms with E-state index in [4.69, 9.17) is 11.7 Å². The minimum atomic E-state index is -0.534. The van der Waals surface area contributed by atoms with Crippen LogP contribution in [0.15, 0.2) is 115 Å². The van der Waals surface area contributed by atoms with E-state index >= 15 is 0 Å². The van der Waals surface area contributed by atoms with Gasteiger partial charge in [-0.05, 0) is 56.7 Å². The first kappa shape index (κ1) is 49.0. The van der Waals surface area contributed by atoms with Gasteiger partial charge in [-0.3, -0.25) is 0 Å². The normalized spacial score (nSPS) is 14.8. The molecule has 0 aromatic heterocycles. The van der Waals surface area contributed by atoms with E-state index in [1.165, 1.54) is 97.7 Å². The third-order valence-electron chi connectivity index (χ3n) is 12.1. The molecule has 0 saturated carbocycles. The van der Waals surface area contributed by atoms with Crippen LogP contribution in [0.2, 0.25) is 13.1 Å². The van der Waals surface area contributed by atoms with Crippen LogP contribution in [0.3, 0.4) is 0 Å². The summed E-state index contributed by atoms with van der Waals surface area (Å²) < 4.78 is 5.86. The Balaban J connectivity index is 0.000000256. The topological polar surface area (TPSA) is 9.23 Å². The molecule has 0 amide bonds. The van der Waals surface area contributed by atoms with Crippen molar-refractivity contribution < 1.29 is 30.9 Å². The molecule has 1 unspecified atom stereocenters. The largest absolute Gasteiger partial charge is 3.00 e. The fraction of sp³-hybridized carbons (Fsp3) is 0.351. The Morgan fingerprint density at radius 1 is 0.667 bits per heavy atom. The predicted molar refractivity (Wildman–Crippen MR) is 264 cm³/mol. The Labute approximate surface area is 386 Å². The van der Waals surface area contributed by atoms with Gasteiger partial charge in [0.1, 0.15) is 5.75 Å². The van der Waals surface area contributed by atoms with E-state index in [-0.39, 0.29) is 49.9 Å². The SMILES string of the molecule is CCc1cc2c(-c3ccc(OC)c(C(C)(C)C)c3C(C)(C)C)cccc2[c-]1[Si](C)C.[CH2-]C1(CCCCCC)C(c2ccccc2-c2ccccc2)=Cc2ccccc21.[CH3-].[Zr+3].